The second kappa shape index (κ2) is 6.95. The quantitative estimate of drug-likeness (QED) is 0.864. The Balaban J connectivity index is 1.73. The number of hydrogen-bond donors (Lipinski definition) is 1. The van der Waals surface area contributed by atoms with Gasteiger partial charge in [-0.05, 0) is 32.9 Å². The van der Waals surface area contributed by atoms with Gasteiger partial charge in [0.25, 0.3) is 0 Å². The third kappa shape index (κ3) is 3.29. The summed E-state index contributed by atoms with van der Waals surface area (Å²) < 4.78 is 12.0. The molecule has 0 aromatic rings. The van der Waals surface area contributed by atoms with E-state index in [9.17, 15) is 0 Å². The number of likely N-dealkylation sites (N-methyl/N-ethyl adjacent to an activating group) is 2. The van der Waals surface area contributed by atoms with Gasteiger partial charge in [0.05, 0.1) is 13.2 Å². The van der Waals surface area contributed by atoms with Gasteiger partial charge in [-0.1, -0.05) is 26.2 Å². The highest BCUT2D eigenvalue weighted by atomic mass is 16.7. The van der Waals surface area contributed by atoms with E-state index in [4.69, 9.17) is 9.47 Å². The lowest BCUT2D eigenvalue weighted by Crippen LogP contribution is -2.59. The molecular formula is C17H32N2O2. The Morgan fingerprint density at radius 2 is 1.81 bits per heavy atom. The highest BCUT2D eigenvalue weighted by Gasteiger charge is 2.47. The van der Waals surface area contributed by atoms with Crippen LogP contribution in [0, 0.1) is 0 Å². The van der Waals surface area contributed by atoms with E-state index < -0.39 is 0 Å². The summed E-state index contributed by atoms with van der Waals surface area (Å²) in [5.74, 6) is -0.278. The lowest BCUT2D eigenvalue weighted by atomic mass is 9.82. The molecule has 4 nitrogen and oxygen atoms in total. The first-order valence-electron chi connectivity index (χ1n) is 8.99. The first-order valence-corrected chi connectivity index (χ1v) is 8.99. The standard InChI is InChI=1S/C17H32N2O2/c1-3-19(14-7-5-4-6-8-14)16-13-17(20-11-12-21-17)10-9-15(16)18-2/h14-16,18H,3-13H2,1-2H3. The second-order valence-electron chi connectivity index (χ2n) is 6.94. The van der Waals surface area contributed by atoms with Crippen molar-refractivity contribution in [2.24, 2.45) is 0 Å². The lowest BCUT2D eigenvalue weighted by molar-refractivity contribution is -0.195. The second-order valence-corrected chi connectivity index (χ2v) is 6.94. The number of nitrogens with one attached hydrogen (secondary N) is 1. The van der Waals surface area contributed by atoms with Crippen molar-refractivity contribution in [1.29, 1.82) is 0 Å². The van der Waals surface area contributed by atoms with Crippen LogP contribution < -0.4 is 5.32 Å². The van der Waals surface area contributed by atoms with Crippen LogP contribution >= 0.6 is 0 Å². The van der Waals surface area contributed by atoms with Crippen molar-refractivity contribution in [2.45, 2.75) is 82.2 Å². The Morgan fingerprint density at radius 1 is 1.10 bits per heavy atom. The summed E-state index contributed by atoms with van der Waals surface area (Å²) in [6.07, 6.45) is 10.2. The molecule has 2 unspecified atom stereocenters. The molecular weight excluding hydrogens is 264 g/mol. The maximum absolute atomic E-state index is 6.01. The predicted octanol–water partition coefficient (Wildman–Crippen LogP) is 2.52. The first kappa shape index (κ1) is 15.7. The van der Waals surface area contributed by atoms with Gasteiger partial charge in [-0.3, -0.25) is 4.90 Å². The number of hydrogen-bond acceptors (Lipinski definition) is 4. The Morgan fingerprint density at radius 3 is 2.43 bits per heavy atom. The fourth-order valence-electron chi connectivity index (χ4n) is 4.75. The SMILES string of the molecule is CCN(C1CCCCC1)C1CC2(CCC1NC)OCCO2. The van der Waals surface area contributed by atoms with Crippen LogP contribution in [0.5, 0.6) is 0 Å². The molecule has 4 heteroatoms. The molecule has 0 aromatic carbocycles. The molecule has 1 heterocycles. The van der Waals surface area contributed by atoms with E-state index in [0.29, 0.717) is 12.1 Å². The number of nitrogens with zero attached hydrogens (tertiary/aromatic N) is 1. The molecule has 2 saturated carbocycles. The fourth-order valence-corrected chi connectivity index (χ4v) is 4.75. The lowest BCUT2D eigenvalue weighted by Gasteiger charge is -2.48. The van der Waals surface area contributed by atoms with Gasteiger partial charge in [0.1, 0.15) is 0 Å². The molecule has 1 spiro atoms. The van der Waals surface area contributed by atoms with E-state index in [2.05, 4.69) is 24.2 Å². The van der Waals surface area contributed by atoms with Crippen LogP contribution in [0.15, 0.2) is 0 Å². The molecule has 3 fully saturated rings. The summed E-state index contributed by atoms with van der Waals surface area (Å²) in [5, 5.41) is 3.56. The van der Waals surface area contributed by atoms with E-state index in [1.807, 2.05) is 0 Å². The zero-order chi connectivity index (χ0) is 14.7. The normalized spacial score (nSPS) is 33.9. The largest absolute Gasteiger partial charge is 0.347 e. The minimum absolute atomic E-state index is 0.278. The van der Waals surface area contributed by atoms with Crippen molar-refractivity contribution < 1.29 is 9.47 Å². The summed E-state index contributed by atoms with van der Waals surface area (Å²) in [6, 6.07) is 1.89. The minimum atomic E-state index is -0.278. The molecule has 3 rings (SSSR count). The zero-order valence-electron chi connectivity index (χ0n) is 13.8. The highest BCUT2D eigenvalue weighted by Crippen LogP contribution is 2.39. The molecule has 0 bridgehead atoms. The van der Waals surface area contributed by atoms with Crippen LogP contribution in [0.3, 0.4) is 0 Å². The van der Waals surface area contributed by atoms with Crippen molar-refractivity contribution in [3.8, 4) is 0 Å². The molecule has 0 radical (unpaired) electrons. The van der Waals surface area contributed by atoms with E-state index in [1.54, 1.807) is 0 Å². The molecule has 1 aliphatic heterocycles. The first-order chi connectivity index (χ1) is 10.3. The minimum Gasteiger partial charge on any atom is -0.347 e. The Kier molecular flexibility index (Phi) is 5.20. The summed E-state index contributed by atoms with van der Waals surface area (Å²) >= 11 is 0. The van der Waals surface area contributed by atoms with Gasteiger partial charge in [0.15, 0.2) is 5.79 Å². The van der Waals surface area contributed by atoms with Gasteiger partial charge in [0, 0.05) is 31.0 Å². The molecule has 1 N–H and O–H groups in total. The molecule has 1 saturated heterocycles. The van der Waals surface area contributed by atoms with E-state index in [-0.39, 0.29) is 5.79 Å². The third-order valence-electron chi connectivity index (χ3n) is 5.84. The molecule has 122 valence electrons. The highest BCUT2D eigenvalue weighted by molar-refractivity contribution is 4.97. The molecule has 2 aliphatic carbocycles. The maximum Gasteiger partial charge on any atom is 0.170 e. The van der Waals surface area contributed by atoms with Gasteiger partial charge in [-0.25, -0.2) is 0 Å². The Bertz CT molecular complexity index is 325. The predicted molar refractivity (Wildman–Crippen MR) is 84.4 cm³/mol. The van der Waals surface area contributed by atoms with Gasteiger partial charge in [-0.15, -0.1) is 0 Å². The summed E-state index contributed by atoms with van der Waals surface area (Å²) in [6.45, 7) is 5.00. The number of rotatable bonds is 4. The molecule has 0 aromatic heterocycles. The van der Waals surface area contributed by atoms with E-state index in [1.165, 1.54) is 32.1 Å². The average molecular weight is 296 g/mol. The van der Waals surface area contributed by atoms with E-state index >= 15 is 0 Å². The smallest absolute Gasteiger partial charge is 0.170 e. The fraction of sp³-hybridized carbons (Fsp3) is 1.00. The van der Waals surface area contributed by atoms with Crippen LogP contribution in [0.1, 0.15) is 58.3 Å². The third-order valence-corrected chi connectivity index (χ3v) is 5.84. The molecule has 2 atom stereocenters. The molecule has 3 aliphatic rings. The maximum atomic E-state index is 6.01. The van der Waals surface area contributed by atoms with Crippen molar-refractivity contribution in [1.82, 2.24) is 10.2 Å². The van der Waals surface area contributed by atoms with Crippen LogP contribution in [-0.4, -0.2) is 55.6 Å². The molecule has 21 heavy (non-hydrogen) atoms. The number of ether oxygens (including phenoxy) is 2. The molecule has 0 amide bonds. The van der Waals surface area contributed by atoms with Gasteiger partial charge in [0.2, 0.25) is 0 Å². The average Bonchev–Trinajstić information content (AvgIpc) is 2.98. The van der Waals surface area contributed by atoms with Crippen molar-refractivity contribution >= 4 is 0 Å². The Hall–Kier alpha value is -0.160. The van der Waals surface area contributed by atoms with Crippen LogP contribution in [0.2, 0.25) is 0 Å². The van der Waals surface area contributed by atoms with Crippen molar-refractivity contribution in [3.05, 3.63) is 0 Å². The van der Waals surface area contributed by atoms with Crippen LogP contribution in [-0.2, 0) is 9.47 Å². The zero-order valence-corrected chi connectivity index (χ0v) is 13.8. The van der Waals surface area contributed by atoms with Crippen molar-refractivity contribution in [2.75, 3.05) is 26.8 Å². The van der Waals surface area contributed by atoms with Crippen molar-refractivity contribution in [3.63, 3.8) is 0 Å². The van der Waals surface area contributed by atoms with Gasteiger partial charge >= 0.3 is 0 Å². The van der Waals surface area contributed by atoms with Gasteiger partial charge in [-0.2, -0.15) is 0 Å². The topological polar surface area (TPSA) is 33.7 Å². The summed E-state index contributed by atoms with van der Waals surface area (Å²) in [5.41, 5.74) is 0. The van der Waals surface area contributed by atoms with Crippen LogP contribution in [0.25, 0.3) is 0 Å². The van der Waals surface area contributed by atoms with E-state index in [0.717, 1.165) is 45.1 Å². The van der Waals surface area contributed by atoms with Gasteiger partial charge < -0.3 is 14.8 Å². The summed E-state index contributed by atoms with van der Waals surface area (Å²) in [4.78, 5) is 2.76. The van der Waals surface area contributed by atoms with Crippen LogP contribution in [0.4, 0.5) is 0 Å². The Labute approximate surface area is 129 Å². The summed E-state index contributed by atoms with van der Waals surface area (Å²) in [7, 11) is 2.11. The monoisotopic (exact) mass is 296 g/mol.